The van der Waals surface area contributed by atoms with Gasteiger partial charge in [-0.2, -0.15) is 0 Å². The molecule has 0 unspecified atom stereocenters. The zero-order valence-electron chi connectivity index (χ0n) is 21.2. The molecule has 3 aromatic carbocycles. The highest BCUT2D eigenvalue weighted by Gasteiger charge is 2.29. The Labute approximate surface area is 213 Å². The monoisotopic (exact) mass is 507 g/mol. The topological polar surface area (TPSA) is 95.6 Å². The largest absolute Gasteiger partial charge is 0.352 e. The first kappa shape index (κ1) is 26.9. The highest BCUT2D eigenvalue weighted by molar-refractivity contribution is 7.92. The molecule has 36 heavy (non-hydrogen) atoms. The van der Waals surface area contributed by atoms with Gasteiger partial charge in [0.05, 0.1) is 21.8 Å². The summed E-state index contributed by atoms with van der Waals surface area (Å²) in [5.74, 6) is -0.849. The van der Waals surface area contributed by atoms with Gasteiger partial charge in [0.15, 0.2) is 0 Å². The van der Waals surface area contributed by atoms with E-state index in [-0.39, 0.29) is 10.8 Å². The number of nitrogens with zero attached hydrogens (tertiary/aromatic N) is 1. The molecule has 8 heteroatoms. The number of unbranched alkanes of at least 4 members (excludes halogenated alkanes) is 1. The van der Waals surface area contributed by atoms with Crippen LogP contribution in [-0.2, 0) is 14.8 Å². The van der Waals surface area contributed by atoms with Crippen molar-refractivity contribution in [3.63, 3.8) is 0 Å². The Balaban J connectivity index is 1.93. The molecule has 0 aliphatic heterocycles. The molecule has 0 fully saturated rings. The molecule has 0 bridgehead atoms. The number of hydrogen-bond donors (Lipinski definition) is 2. The van der Waals surface area contributed by atoms with E-state index in [1.54, 1.807) is 48.5 Å². The molecule has 0 spiro atoms. The van der Waals surface area contributed by atoms with Gasteiger partial charge in [0, 0.05) is 6.54 Å². The molecule has 2 amide bonds. The fourth-order valence-electron chi connectivity index (χ4n) is 3.73. The number of benzene rings is 3. The van der Waals surface area contributed by atoms with Gasteiger partial charge in [-0.3, -0.25) is 13.9 Å². The lowest BCUT2D eigenvalue weighted by atomic mass is 10.1. The Bertz CT molecular complexity index is 1340. The first-order valence-corrected chi connectivity index (χ1v) is 13.4. The third-order valence-electron chi connectivity index (χ3n) is 6.00. The minimum atomic E-state index is -4.05. The first-order chi connectivity index (χ1) is 17.1. The Hall–Kier alpha value is -3.65. The van der Waals surface area contributed by atoms with Crippen LogP contribution in [0.25, 0.3) is 0 Å². The summed E-state index contributed by atoms with van der Waals surface area (Å²) in [6, 6.07) is 18.6. The summed E-state index contributed by atoms with van der Waals surface area (Å²) in [5.41, 5.74) is 3.67. The van der Waals surface area contributed by atoms with Gasteiger partial charge >= 0.3 is 0 Å². The molecule has 0 atom stereocenters. The number of nitrogens with one attached hydrogen (secondary N) is 2. The van der Waals surface area contributed by atoms with Gasteiger partial charge < -0.3 is 10.6 Å². The van der Waals surface area contributed by atoms with E-state index in [0.29, 0.717) is 23.5 Å². The first-order valence-electron chi connectivity index (χ1n) is 12.0. The Morgan fingerprint density at radius 2 is 1.58 bits per heavy atom. The van der Waals surface area contributed by atoms with E-state index in [1.165, 1.54) is 12.1 Å². The maximum absolute atomic E-state index is 13.7. The van der Waals surface area contributed by atoms with E-state index in [1.807, 2.05) is 33.8 Å². The van der Waals surface area contributed by atoms with E-state index in [2.05, 4.69) is 10.6 Å². The van der Waals surface area contributed by atoms with Crippen LogP contribution in [0.15, 0.2) is 71.6 Å². The van der Waals surface area contributed by atoms with Crippen molar-refractivity contribution in [1.82, 2.24) is 5.32 Å². The number of anilines is 2. The van der Waals surface area contributed by atoms with E-state index in [0.717, 1.165) is 33.8 Å². The van der Waals surface area contributed by atoms with Crippen molar-refractivity contribution in [1.29, 1.82) is 0 Å². The van der Waals surface area contributed by atoms with Crippen LogP contribution in [0.3, 0.4) is 0 Å². The number of sulfonamides is 1. The Morgan fingerprint density at radius 1 is 0.889 bits per heavy atom. The maximum Gasteiger partial charge on any atom is 0.264 e. The second-order valence-corrected chi connectivity index (χ2v) is 10.6. The molecule has 2 N–H and O–H groups in total. The van der Waals surface area contributed by atoms with Gasteiger partial charge in [-0.25, -0.2) is 8.42 Å². The number of carbonyl (C=O) groups excluding carboxylic acids is 2. The summed E-state index contributed by atoms with van der Waals surface area (Å²) in [6.45, 7) is 7.72. The van der Waals surface area contributed by atoms with E-state index < -0.39 is 22.5 Å². The molecular formula is C28H33N3O4S. The van der Waals surface area contributed by atoms with Crippen molar-refractivity contribution >= 4 is 33.2 Å². The minimum absolute atomic E-state index is 0.0949. The highest BCUT2D eigenvalue weighted by atomic mass is 32.2. The summed E-state index contributed by atoms with van der Waals surface area (Å²) < 4.78 is 28.5. The average molecular weight is 508 g/mol. The summed E-state index contributed by atoms with van der Waals surface area (Å²) in [4.78, 5) is 26.0. The van der Waals surface area contributed by atoms with Gasteiger partial charge in [0.1, 0.15) is 6.54 Å². The maximum atomic E-state index is 13.7. The number of hydrogen-bond acceptors (Lipinski definition) is 4. The van der Waals surface area contributed by atoms with Crippen LogP contribution in [-0.4, -0.2) is 33.3 Å². The summed E-state index contributed by atoms with van der Waals surface area (Å²) in [5, 5.41) is 5.59. The van der Waals surface area contributed by atoms with Crippen LogP contribution in [0.4, 0.5) is 11.4 Å². The molecule has 0 radical (unpaired) electrons. The summed E-state index contributed by atoms with van der Waals surface area (Å²) in [6.07, 6.45) is 1.80. The predicted octanol–water partition coefficient (Wildman–Crippen LogP) is 4.98. The van der Waals surface area contributed by atoms with E-state index in [4.69, 9.17) is 0 Å². The molecular weight excluding hydrogens is 474 g/mol. The normalized spacial score (nSPS) is 11.1. The van der Waals surface area contributed by atoms with Crippen molar-refractivity contribution in [3.05, 3.63) is 89.0 Å². The minimum Gasteiger partial charge on any atom is -0.352 e. The standard InChI is InChI=1S/C28H33N3O4S/c1-5-6-18-29-28(33)24-11-7-8-12-25(24)30-27(32)19-31(26-13-9-10-21(3)22(26)4)36(34,35)23-16-14-20(2)15-17-23/h7-17H,5-6,18-19H2,1-4H3,(H,29,33)(H,30,32). The second kappa shape index (κ2) is 11.9. The number of amides is 2. The van der Waals surface area contributed by atoms with Gasteiger partial charge in [-0.15, -0.1) is 0 Å². The molecule has 0 saturated heterocycles. The van der Waals surface area contributed by atoms with Crippen LogP contribution in [0.2, 0.25) is 0 Å². The molecule has 3 aromatic rings. The number of aryl methyl sites for hydroxylation is 2. The van der Waals surface area contributed by atoms with Gasteiger partial charge in [-0.05, 0) is 68.7 Å². The fourth-order valence-corrected chi connectivity index (χ4v) is 5.21. The fraction of sp³-hybridized carbons (Fsp3) is 0.286. The van der Waals surface area contributed by atoms with Crippen LogP contribution < -0.4 is 14.9 Å². The highest BCUT2D eigenvalue weighted by Crippen LogP contribution is 2.29. The zero-order chi connectivity index (χ0) is 26.3. The van der Waals surface area contributed by atoms with Gasteiger partial charge in [0.2, 0.25) is 5.91 Å². The SMILES string of the molecule is CCCCNC(=O)c1ccccc1NC(=O)CN(c1cccc(C)c1C)S(=O)(=O)c1ccc(C)cc1. The van der Waals surface area contributed by atoms with Crippen LogP contribution in [0.5, 0.6) is 0 Å². The summed E-state index contributed by atoms with van der Waals surface area (Å²) >= 11 is 0. The molecule has 190 valence electrons. The number of rotatable bonds is 10. The van der Waals surface area contributed by atoms with Crippen molar-refractivity contribution in [3.8, 4) is 0 Å². The lowest BCUT2D eigenvalue weighted by Gasteiger charge is -2.26. The van der Waals surface area contributed by atoms with Crippen molar-refractivity contribution in [2.24, 2.45) is 0 Å². The van der Waals surface area contributed by atoms with E-state index >= 15 is 0 Å². The van der Waals surface area contributed by atoms with Crippen LogP contribution >= 0.6 is 0 Å². The molecule has 0 aliphatic carbocycles. The zero-order valence-corrected chi connectivity index (χ0v) is 22.0. The summed E-state index contributed by atoms with van der Waals surface area (Å²) in [7, 11) is -4.05. The smallest absolute Gasteiger partial charge is 0.264 e. The molecule has 0 saturated carbocycles. The molecule has 0 aromatic heterocycles. The lowest BCUT2D eigenvalue weighted by Crippen LogP contribution is -2.39. The third kappa shape index (κ3) is 6.31. The molecule has 0 heterocycles. The molecule has 7 nitrogen and oxygen atoms in total. The predicted molar refractivity (Wildman–Crippen MR) is 144 cm³/mol. The van der Waals surface area contributed by atoms with E-state index in [9.17, 15) is 18.0 Å². The van der Waals surface area contributed by atoms with Crippen molar-refractivity contribution in [2.45, 2.75) is 45.4 Å². The quantitative estimate of drug-likeness (QED) is 0.379. The number of para-hydroxylation sites is 1. The second-order valence-electron chi connectivity index (χ2n) is 8.75. The Morgan fingerprint density at radius 3 is 2.28 bits per heavy atom. The Kier molecular flexibility index (Phi) is 8.88. The van der Waals surface area contributed by atoms with Gasteiger partial charge in [0.25, 0.3) is 15.9 Å². The third-order valence-corrected chi connectivity index (χ3v) is 7.78. The molecule has 0 aliphatic rings. The van der Waals surface area contributed by atoms with Crippen molar-refractivity contribution < 1.29 is 18.0 Å². The van der Waals surface area contributed by atoms with Crippen LogP contribution in [0.1, 0.15) is 46.8 Å². The van der Waals surface area contributed by atoms with Crippen molar-refractivity contribution in [2.75, 3.05) is 22.7 Å². The number of carbonyl (C=O) groups is 2. The average Bonchev–Trinajstić information content (AvgIpc) is 2.85. The van der Waals surface area contributed by atoms with Gasteiger partial charge in [-0.1, -0.05) is 55.3 Å². The molecule has 3 rings (SSSR count). The van der Waals surface area contributed by atoms with Crippen LogP contribution in [0, 0.1) is 20.8 Å². The lowest BCUT2D eigenvalue weighted by molar-refractivity contribution is -0.114.